The molecule has 0 amide bonds. The first-order valence-electron chi connectivity index (χ1n) is 9.14. The molecule has 0 aliphatic carbocycles. The number of ether oxygens (including phenoxy) is 2. The van der Waals surface area contributed by atoms with Crippen molar-refractivity contribution in [3.63, 3.8) is 0 Å². The number of rotatable bonds is 9. The van der Waals surface area contributed by atoms with Gasteiger partial charge in [0.2, 0.25) is 0 Å². The zero-order valence-electron chi connectivity index (χ0n) is 15.8. The number of para-hydroxylation sites is 2. The van der Waals surface area contributed by atoms with Gasteiger partial charge < -0.3 is 14.8 Å². The van der Waals surface area contributed by atoms with E-state index in [2.05, 4.69) is 17.4 Å². The molecule has 1 N–H and O–H groups in total. The Morgan fingerprint density at radius 1 is 0.821 bits per heavy atom. The summed E-state index contributed by atoms with van der Waals surface area (Å²) in [5.74, 6) is 1.79. The Bertz CT molecular complexity index is 915. The Balaban J connectivity index is 1.54. The van der Waals surface area contributed by atoms with Crippen LogP contribution >= 0.6 is 23.2 Å². The Morgan fingerprint density at radius 2 is 1.54 bits per heavy atom. The predicted octanol–water partition coefficient (Wildman–Crippen LogP) is 5.91. The molecule has 0 fully saturated rings. The van der Waals surface area contributed by atoms with Crippen LogP contribution in [0.3, 0.4) is 0 Å². The summed E-state index contributed by atoms with van der Waals surface area (Å²) in [6, 6.07) is 21.7. The average Bonchev–Trinajstić information content (AvgIpc) is 2.73. The highest BCUT2D eigenvalue weighted by Gasteiger charge is 2.06. The van der Waals surface area contributed by atoms with Gasteiger partial charge in [0.15, 0.2) is 0 Å². The minimum Gasteiger partial charge on any atom is -0.496 e. The van der Waals surface area contributed by atoms with Crippen molar-refractivity contribution in [2.75, 3.05) is 13.7 Å². The number of benzene rings is 3. The summed E-state index contributed by atoms with van der Waals surface area (Å²) in [6.45, 7) is 2.02. The molecule has 0 heterocycles. The van der Waals surface area contributed by atoms with Gasteiger partial charge in [0, 0.05) is 12.1 Å². The van der Waals surface area contributed by atoms with Crippen LogP contribution in [0.5, 0.6) is 11.5 Å². The van der Waals surface area contributed by atoms with Crippen LogP contribution in [0, 0.1) is 0 Å². The van der Waals surface area contributed by atoms with Crippen LogP contribution in [0.1, 0.15) is 16.7 Å². The molecule has 0 saturated carbocycles. The minimum atomic E-state index is 0.440. The molecule has 3 nitrogen and oxygen atoms in total. The van der Waals surface area contributed by atoms with Crippen LogP contribution in [-0.2, 0) is 19.6 Å². The highest BCUT2D eigenvalue weighted by Crippen LogP contribution is 2.24. The Kier molecular flexibility index (Phi) is 7.61. The maximum absolute atomic E-state index is 6.08. The van der Waals surface area contributed by atoms with Crippen LogP contribution in [0.25, 0.3) is 0 Å². The fraction of sp³-hybridized carbons (Fsp3) is 0.217. The number of hydrogen-bond donors (Lipinski definition) is 1. The van der Waals surface area contributed by atoms with E-state index in [0.717, 1.165) is 42.1 Å². The van der Waals surface area contributed by atoms with E-state index in [0.29, 0.717) is 16.7 Å². The van der Waals surface area contributed by atoms with E-state index in [9.17, 15) is 0 Å². The topological polar surface area (TPSA) is 30.5 Å². The third-order valence-corrected chi connectivity index (χ3v) is 5.17. The van der Waals surface area contributed by atoms with Crippen molar-refractivity contribution in [3.8, 4) is 11.5 Å². The summed E-state index contributed by atoms with van der Waals surface area (Å²) in [7, 11) is 1.70. The van der Waals surface area contributed by atoms with E-state index in [-0.39, 0.29) is 0 Å². The van der Waals surface area contributed by atoms with Crippen molar-refractivity contribution in [1.82, 2.24) is 5.32 Å². The smallest absolute Gasteiger partial charge is 0.124 e. The molecule has 146 valence electrons. The molecule has 3 rings (SSSR count). The van der Waals surface area contributed by atoms with Gasteiger partial charge >= 0.3 is 0 Å². The van der Waals surface area contributed by atoms with Crippen molar-refractivity contribution in [2.45, 2.75) is 19.6 Å². The Morgan fingerprint density at radius 3 is 2.29 bits per heavy atom. The molecule has 0 aliphatic rings. The molecule has 0 unspecified atom stereocenters. The third-order valence-electron chi connectivity index (χ3n) is 4.43. The quantitative estimate of drug-likeness (QED) is 0.440. The summed E-state index contributed by atoms with van der Waals surface area (Å²) in [6.07, 6.45) is 0.899. The van der Waals surface area contributed by atoms with Crippen molar-refractivity contribution in [2.24, 2.45) is 0 Å². The molecule has 0 radical (unpaired) electrons. The van der Waals surface area contributed by atoms with Crippen LogP contribution in [0.4, 0.5) is 0 Å². The molecule has 0 spiro atoms. The van der Waals surface area contributed by atoms with Crippen LogP contribution < -0.4 is 14.8 Å². The predicted molar refractivity (Wildman–Crippen MR) is 116 cm³/mol. The molecular formula is C23H23Cl2NO2. The summed E-state index contributed by atoms with van der Waals surface area (Å²) in [4.78, 5) is 0. The van der Waals surface area contributed by atoms with Gasteiger partial charge in [-0.3, -0.25) is 0 Å². The lowest BCUT2D eigenvalue weighted by atomic mass is 10.1. The number of nitrogens with one attached hydrogen (secondary N) is 1. The summed E-state index contributed by atoms with van der Waals surface area (Å²) >= 11 is 12.0. The van der Waals surface area contributed by atoms with Gasteiger partial charge in [0.1, 0.15) is 18.1 Å². The molecule has 0 saturated heterocycles. The molecule has 28 heavy (non-hydrogen) atoms. The molecule has 0 bridgehead atoms. The molecule has 3 aromatic rings. The second kappa shape index (κ2) is 10.4. The molecule has 0 aromatic heterocycles. The summed E-state index contributed by atoms with van der Waals surface area (Å²) in [5.41, 5.74) is 3.29. The zero-order valence-corrected chi connectivity index (χ0v) is 17.3. The first-order valence-corrected chi connectivity index (χ1v) is 9.90. The maximum Gasteiger partial charge on any atom is 0.124 e. The lowest BCUT2D eigenvalue weighted by Crippen LogP contribution is -2.17. The first-order chi connectivity index (χ1) is 13.7. The monoisotopic (exact) mass is 415 g/mol. The number of hydrogen-bond acceptors (Lipinski definition) is 3. The van der Waals surface area contributed by atoms with Gasteiger partial charge in [-0.25, -0.2) is 0 Å². The minimum absolute atomic E-state index is 0.440. The number of halogens is 2. The second-order valence-electron chi connectivity index (χ2n) is 6.38. The van der Waals surface area contributed by atoms with Crippen molar-refractivity contribution in [1.29, 1.82) is 0 Å². The van der Waals surface area contributed by atoms with Gasteiger partial charge in [-0.15, -0.1) is 0 Å². The highest BCUT2D eigenvalue weighted by atomic mass is 35.5. The second-order valence-corrected chi connectivity index (χ2v) is 7.20. The normalized spacial score (nSPS) is 10.7. The molecule has 5 heteroatoms. The first kappa shape index (κ1) is 20.5. The highest BCUT2D eigenvalue weighted by molar-refractivity contribution is 6.42. The maximum atomic E-state index is 6.08. The van der Waals surface area contributed by atoms with Gasteiger partial charge in [0.25, 0.3) is 0 Å². The molecule has 0 aliphatic heterocycles. The van der Waals surface area contributed by atoms with Gasteiger partial charge in [-0.1, -0.05) is 65.7 Å². The van der Waals surface area contributed by atoms with Crippen LogP contribution in [-0.4, -0.2) is 13.7 Å². The molecular weight excluding hydrogens is 393 g/mol. The van der Waals surface area contributed by atoms with E-state index < -0.39 is 0 Å². The fourth-order valence-electron chi connectivity index (χ4n) is 2.94. The average molecular weight is 416 g/mol. The van der Waals surface area contributed by atoms with E-state index in [1.807, 2.05) is 48.5 Å². The van der Waals surface area contributed by atoms with Gasteiger partial charge in [-0.05, 0) is 48.4 Å². The third kappa shape index (κ3) is 5.65. The van der Waals surface area contributed by atoms with Gasteiger partial charge in [0.05, 0.1) is 17.2 Å². The van der Waals surface area contributed by atoms with Crippen molar-refractivity contribution >= 4 is 23.2 Å². The van der Waals surface area contributed by atoms with Gasteiger partial charge in [-0.2, -0.15) is 0 Å². The lowest BCUT2D eigenvalue weighted by molar-refractivity contribution is 0.302. The summed E-state index contributed by atoms with van der Waals surface area (Å²) in [5, 5.41) is 4.57. The van der Waals surface area contributed by atoms with E-state index in [1.165, 1.54) is 5.56 Å². The largest absolute Gasteiger partial charge is 0.496 e. The van der Waals surface area contributed by atoms with Crippen LogP contribution in [0.2, 0.25) is 10.0 Å². The molecule has 0 atom stereocenters. The zero-order chi connectivity index (χ0) is 19.8. The van der Waals surface area contributed by atoms with E-state index >= 15 is 0 Å². The number of methoxy groups -OCH3 is 1. The van der Waals surface area contributed by atoms with E-state index in [1.54, 1.807) is 13.2 Å². The Hall–Kier alpha value is -2.20. The lowest BCUT2D eigenvalue weighted by Gasteiger charge is -2.13. The SMILES string of the molecule is COc1ccccc1CCNCc1ccccc1OCc1ccc(Cl)c(Cl)c1. The van der Waals surface area contributed by atoms with E-state index in [4.69, 9.17) is 32.7 Å². The Labute approximate surface area is 176 Å². The van der Waals surface area contributed by atoms with Crippen molar-refractivity contribution in [3.05, 3.63) is 93.5 Å². The van der Waals surface area contributed by atoms with Crippen molar-refractivity contribution < 1.29 is 9.47 Å². The van der Waals surface area contributed by atoms with Crippen LogP contribution in [0.15, 0.2) is 66.7 Å². The fourth-order valence-corrected chi connectivity index (χ4v) is 3.26. The summed E-state index contributed by atoms with van der Waals surface area (Å²) < 4.78 is 11.4. The standard InChI is InChI=1S/C23H23Cl2NO2/c1-27-22-8-4-2-6-18(22)12-13-26-15-19-7-3-5-9-23(19)28-16-17-10-11-20(24)21(25)14-17/h2-11,14,26H,12-13,15-16H2,1H3. The molecule has 3 aromatic carbocycles.